The van der Waals surface area contributed by atoms with Gasteiger partial charge in [0.1, 0.15) is 18.2 Å². The molecule has 0 bridgehead atoms. The predicted octanol–water partition coefficient (Wildman–Crippen LogP) is 4.89. The van der Waals surface area contributed by atoms with Gasteiger partial charge in [0.15, 0.2) is 0 Å². The van der Waals surface area contributed by atoms with Gasteiger partial charge >= 0.3 is 12.2 Å². The van der Waals surface area contributed by atoms with Crippen LogP contribution in [0.2, 0.25) is 5.02 Å². The van der Waals surface area contributed by atoms with Crippen LogP contribution in [0.5, 0.6) is 6.01 Å². The number of hydrogen-bond donors (Lipinski definition) is 1. The van der Waals surface area contributed by atoms with Crippen LogP contribution >= 0.6 is 11.6 Å². The van der Waals surface area contributed by atoms with Crippen molar-refractivity contribution in [1.82, 2.24) is 24.8 Å². The fourth-order valence-electron chi connectivity index (χ4n) is 5.45. The van der Waals surface area contributed by atoms with Crippen LogP contribution < -0.4 is 15.4 Å². The number of amides is 1. The van der Waals surface area contributed by atoms with Gasteiger partial charge in [-0.1, -0.05) is 18.2 Å². The quantitative estimate of drug-likeness (QED) is 0.279. The number of nitrogens with two attached hydrogens (primary N) is 1. The van der Waals surface area contributed by atoms with Gasteiger partial charge < -0.3 is 20.3 Å². The van der Waals surface area contributed by atoms with Crippen LogP contribution in [-0.2, 0) is 11.0 Å². The van der Waals surface area contributed by atoms with E-state index in [0.29, 0.717) is 50.3 Å². The first kappa shape index (κ1) is 30.7. The largest absolute Gasteiger partial charge is 0.462 e. The fraction of sp³-hybridized carbons (Fsp3) is 0.429. The zero-order valence-corrected chi connectivity index (χ0v) is 23.7. The number of rotatable bonds is 8. The van der Waals surface area contributed by atoms with Crippen LogP contribution in [0.4, 0.5) is 33.6 Å². The molecule has 2 aliphatic heterocycles. The third kappa shape index (κ3) is 6.74. The van der Waals surface area contributed by atoms with Gasteiger partial charge in [0, 0.05) is 43.2 Å². The van der Waals surface area contributed by atoms with E-state index in [4.69, 9.17) is 22.1 Å². The molecule has 2 saturated heterocycles. The Morgan fingerprint density at radius 3 is 2.56 bits per heavy atom. The van der Waals surface area contributed by atoms with Crippen LogP contribution in [0.25, 0.3) is 22.2 Å². The SMILES string of the molecule is C=CC(=O)N1CCN(c2nc(OC[C@@H]3CCCN3CC(F)F)nc3cc(-c4nc(N)ccc4C(F)(F)F)c(Cl)cc23)CC1. The number of ether oxygens (including phenoxy) is 1. The zero-order chi connectivity index (χ0) is 30.9. The molecule has 0 unspecified atom stereocenters. The summed E-state index contributed by atoms with van der Waals surface area (Å²) in [5.41, 5.74) is 4.47. The minimum absolute atomic E-state index is 0.0244. The second kappa shape index (κ2) is 12.4. The molecule has 2 aliphatic rings. The molecule has 2 aromatic heterocycles. The van der Waals surface area contributed by atoms with Gasteiger partial charge in [-0.3, -0.25) is 9.69 Å². The summed E-state index contributed by atoms with van der Waals surface area (Å²) >= 11 is 6.57. The number of piperazine rings is 1. The van der Waals surface area contributed by atoms with Gasteiger partial charge in [-0.25, -0.2) is 13.8 Å². The Balaban J connectivity index is 1.55. The Morgan fingerprint density at radius 1 is 1.14 bits per heavy atom. The van der Waals surface area contributed by atoms with E-state index in [-0.39, 0.29) is 53.0 Å². The van der Waals surface area contributed by atoms with Gasteiger partial charge in [-0.15, -0.1) is 0 Å². The minimum atomic E-state index is -4.73. The summed E-state index contributed by atoms with van der Waals surface area (Å²) in [5.74, 6) is 0.0823. The van der Waals surface area contributed by atoms with Crippen LogP contribution in [0, 0.1) is 0 Å². The van der Waals surface area contributed by atoms with Crippen molar-refractivity contribution >= 4 is 40.0 Å². The number of nitrogens with zero attached hydrogens (tertiary/aromatic N) is 6. The minimum Gasteiger partial charge on any atom is -0.462 e. The second-order valence-electron chi connectivity index (χ2n) is 10.3. The van der Waals surface area contributed by atoms with E-state index in [9.17, 15) is 26.7 Å². The van der Waals surface area contributed by atoms with Gasteiger partial charge in [0.2, 0.25) is 5.91 Å². The first-order valence-electron chi connectivity index (χ1n) is 13.6. The Morgan fingerprint density at radius 2 is 1.88 bits per heavy atom. The monoisotopic (exact) mass is 625 g/mol. The number of carbonyl (C=O) groups is 1. The van der Waals surface area contributed by atoms with Gasteiger partial charge in [-0.05, 0) is 49.7 Å². The summed E-state index contributed by atoms with van der Waals surface area (Å²) in [6, 6.07) is 4.42. The highest BCUT2D eigenvalue weighted by atomic mass is 35.5. The number of halogens is 6. The van der Waals surface area contributed by atoms with Crippen molar-refractivity contribution in [3.63, 3.8) is 0 Å². The molecule has 0 spiro atoms. The highest BCUT2D eigenvalue weighted by Gasteiger charge is 2.35. The number of aromatic nitrogens is 3. The molecule has 3 aromatic rings. The lowest BCUT2D eigenvalue weighted by atomic mass is 10.0. The normalized spacial score (nSPS) is 18.1. The topological polar surface area (TPSA) is 101 Å². The molecule has 43 heavy (non-hydrogen) atoms. The molecule has 2 fully saturated rings. The Hall–Kier alpha value is -3.78. The lowest BCUT2D eigenvalue weighted by molar-refractivity contribution is -0.137. The molecule has 1 amide bonds. The van der Waals surface area contributed by atoms with Crippen molar-refractivity contribution < 1.29 is 31.5 Å². The third-order valence-corrected chi connectivity index (χ3v) is 7.88. The summed E-state index contributed by atoms with van der Waals surface area (Å²) in [6.07, 6.45) is -4.57. The van der Waals surface area contributed by atoms with E-state index in [2.05, 4.69) is 21.5 Å². The van der Waals surface area contributed by atoms with Crippen molar-refractivity contribution in [2.75, 3.05) is 56.5 Å². The zero-order valence-electron chi connectivity index (χ0n) is 23.0. The van der Waals surface area contributed by atoms with Crippen molar-refractivity contribution in [3.8, 4) is 17.3 Å². The molecule has 230 valence electrons. The molecule has 4 heterocycles. The summed E-state index contributed by atoms with van der Waals surface area (Å²) < 4.78 is 73.7. The number of benzene rings is 1. The van der Waals surface area contributed by atoms with E-state index < -0.39 is 23.9 Å². The first-order valence-corrected chi connectivity index (χ1v) is 14.0. The molecule has 2 N–H and O–H groups in total. The van der Waals surface area contributed by atoms with Crippen molar-refractivity contribution in [3.05, 3.63) is 47.5 Å². The maximum atomic E-state index is 13.9. The average Bonchev–Trinajstić information content (AvgIpc) is 3.40. The molecule has 9 nitrogen and oxygen atoms in total. The Bertz CT molecular complexity index is 1520. The standard InChI is InChI=1S/C28H29ClF5N7O2/c1-2-24(42)39-8-10-40(11-9-39)26-18-12-20(29)17(25-19(28(32,33)34)5-6-23(35)37-25)13-21(18)36-27(38-26)43-15-16-4-3-7-41(16)14-22(30)31/h2,5-6,12-13,16,22H,1,3-4,7-11,14-15H2,(H2,35,37)/t16-/m0/s1. The molecular weight excluding hydrogens is 597 g/mol. The highest BCUT2D eigenvalue weighted by Crippen LogP contribution is 2.41. The summed E-state index contributed by atoms with van der Waals surface area (Å²) in [5, 5.41) is 0.422. The third-order valence-electron chi connectivity index (χ3n) is 7.56. The van der Waals surface area contributed by atoms with E-state index in [1.54, 1.807) is 9.80 Å². The van der Waals surface area contributed by atoms with Crippen molar-refractivity contribution in [2.45, 2.75) is 31.5 Å². The summed E-state index contributed by atoms with van der Waals surface area (Å²) in [7, 11) is 0. The molecule has 0 radical (unpaired) electrons. The maximum Gasteiger partial charge on any atom is 0.418 e. The number of nitrogen functional groups attached to an aromatic ring is 1. The van der Waals surface area contributed by atoms with E-state index in [0.717, 1.165) is 18.6 Å². The van der Waals surface area contributed by atoms with E-state index in [1.165, 1.54) is 18.2 Å². The smallest absolute Gasteiger partial charge is 0.418 e. The van der Waals surface area contributed by atoms with Gasteiger partial charge in [0.05, 0.1) is 28.3 Å². The van der Waals surface area contributed by atoms with E-state index >= 15 is 0 Å². The van der Waals surface area contributed by atoms with Crippen LogP contribution in [-0.4, -0.2) is 89.0 Å². The number of fused-ring (bicyclic) bond motifs is 1. The predicted molar refractivity (Wildman–Crippen MR) is 152 cm³/mol. The fourth-order valence-corrected chi connectivity index (χ4v) is 5.70. The number of alkyl halides is 5. The number of hydrogen-bond acceptors (Lipinski definition) is 8. The molecule has 1 aromatic carbocycles. The number of pyridine rings is 1. The van der Waals surface area contributed by atoms with Crippen LogP contribution in [0.15, 0.2) is 36.9 Å². The lowest BCUT2D eigenvalue weighted by Gasteiger charge is -2.35. The average molecular weight is 626 g/mol. The number of anilines is 2. The number of likely N-dealkylation sites (tertiary alicyclic amines) is 1. The molecule has 5 rings (SSSR count). The van der Waals surface area contributed by atoms with Gasteiger partial charge in [-0.2, -0.15) is 23.1 Å². The number of carbonyl (C=O) groups excluding carboxylic acids is 1. The second-order valence-corrected chi connectivity index (χ2v) is 10.7. The van der Waals surface area contributed by atoms with Gasteiger partial charge in [0.25, 0.3) is 6.43 Å². The maximum absolute atomic E-state index is 13.9. The summed E-state index contributed by atoms with van der Waals surface area (Å²) in [6.45, 7) is 5.27. The van der Waals surface area contributed by atoms with Crippen LogP contribution in [0.1, 0.15) is 18.4 Å². The molecular formula is C28H29ClF5N7O2. The summed E-state index contributed by atoms with van der Waals surface area (Å²) in [4.78, 5) is 30.3. The van der Waals surface area contributed by atoms with E-state index in [1.807, 2.05) is 4.90 Å². The molecule has 1 atom stereocenters. The molecule has 0 saturated carbocycles. The van der Waals surface area contributed by atoms with Crippen molar-refractivity contribution in [2.24, 2.45) is 0 Å². The highest BCUT2D eigenvalue weighted by molar-refractivity contribution is 6.34. The lowest BCUT2D eigenvalue weighted by Crippen LogP contribution is -2.48. The molecule has 15 heteroatoms. The van der Waals surface area contributed by atoms with Crippen LogP contribution in [0.3, 0.4) is 0 Å². The Kier molecular flexibility index (Phi) is 8.88. The first-order chi connectivity index (χ1) is 20.4. The van der Waals surface area contributed by atoms with Crippen molar-refractivity contribution in [1.29, 1.82) is 0 Å². The Labute approximate surface area is 249 Å². The molecule has 0 aliphatic carbocycles.